The molecular weight excluding hydrogens is 331 g/mol. The van der Waals surface area contributed by atoms with Gasteiger partial charge in [-0.1, -0.05) is 19.9 Å². The van der Waals surface area contributed by atoms with Crippen LogP contribution >= 0.6 is 0 Å². The molecule has 0 amide bonds. The van der Waals surface area contributed by atoms with E-state index >= 15 is 0 Å². The van der Waals surface area contributed by atoms with Gasteiger partial charge in [0.15, 0.2) is 0 Å². The zero-order valence-corrected chi connectivity index (χ0v) is 15.4. The van der Waals surface area contributed by atoms with Crippen LogP contribution in [-0.4, -0.2) is 52.2 Å². The summed E-state index contributed by atoms with van der Waals surface area (Å²) in [4.78, 5) is 1.96. The summed E-state index contributed by atoms with van der Waals surface area (Å²) in [5.74, 6) is -0.280. The molecule has 7 heteroatoms. The highest BCUT2D eigenvalue weighted by Gasteiger charge is 2.25. The molecule has 1 unspecified atom stereocenters. The zero-order chi connectivity index (χ0) is 17.7. The fraction of sp³-hybridized carbons (Fsp3) is 0.647. The largest absolute Gasteiger partial charge is 0.379 e. The van der Waals surface area contributed by atoms with Crippen molar-refractivity contribution in [3.8, 4) is 0 Å². The highest BCUT2D eigenvalue weighted by Crippen LogP contribution is 2.18. The molecule has 1 aliphatic rings. The Kier molecular flexibility index (Phi) is 6.74. The SMILES string of the molecule is Cc1ccc(F)c(S(=O)(=O)NCC(CC(C)C)N2CCOCC2)c1. The van der Waals surface area contributed by atoms with Crippen LogP contribution in [0.3, 0.4) is 0 Å². The van der Waals surface area contributed by atoms with E-state index in [0.717, 1.165) is 19.5 Å². The number of nitrogens with one attached hydrogen (secondary N) is 1. The van der Waals surface area contributed by atoms with Crippen molar-refractivity contribution in [3.63, 3.8) is 0 Å². The fourth-order valence-corrected chi connectivity index (χ4v) is 4.18. The van der Waals surface area contributed by atoms with Gasteiger partial charge in [-0.2, -0.15) is 0 Å². The van der Waals surface area contributed by atoms with Gasteiger partial charge in [0.05, 0.1) is 13.2 Å². The first kappa shape index (κ1) is 19.3. The van der Waals surface area contributed by atoms with Crippen LogP contribution < -0.4 is 4.72 Å². The zero-order valence-electron chi connectivity index (χ0n) is 14.6. The third kappa shape index (κ3) is 5.24. The second kappa shape index (κ2) is 8.38. The van der Waals surface area contributed by atoms with Crippen molar-refractivity contribution in [1.82, 2.24) is 9.62 Å². The minimum Gasteiger partial charge on any atom is -0.379 e. The van der Waals surface area contributed by atoms with E-state index < -0.39 is 15.8 Å². The monoisotopic (exact) mass is 358 g/mol. The van der Waals surface area contributed by atoms with Crippen molar-refractivity contribution in [2.75, 3.05) is 32.8 Å². The lowest BCUT2D eigenvalue weighted by Crippen LogP contribution is -2.49. The Balaban J connectivity index is 2.10. The Morgan fingerprint density at radius 2 is 1.96 bits per heavy atom. The van der Waals surface area contributed by atoms with Crippen LogP contribution in [0.15, 0.2) is 23.1 Å². The topological polar surface area (TPSA) is 58.6 Å². The fourth-order valence-electron chi connectivity index (χ4n) is 2.95. The summed E-state index contributed by atoms with van der Waals surface area (Å²) in [5, 5.41) is 0. The predicted molar refractivity (Wildman–Crippen MR) is 92.0 cm³/mol. The standard InChI is InChI=1S/C17H27FN2O3S/c1-13(2)10-15(20-6-8-23-9-7-20)12-19-24(21,22)17-11-14(3)4-5-16(17)18/h4-5,11,13,15,19H,6-10,12H2,1-3H3. The molecule has 1 N–H and O–H groups in total. The number of aryl methyl sites for hydroxylation is 1. The number of morpholine rings is 1. The lowest BCUT2D eigenvalue weighted by atomic mass is 10.0. The molecule has 0 saturated carbocycles. The Bertz CT molecular complexity index is 643. The molecule has 1 fully saturated rings. The number of ether oxygens (including phenoxy) is 1. The second-order valence-corrected chi connectivity index (χ2v) is 8.45. The molecular formula is C17H27FN2O3S. The molecule has 1 aromatic carbocycles. The van der Waals surface area contributed by atoms with Gasteiger partial charge in [-0.25, -0.2) is 17.5 Å². The van der Waals surface area contributed by atoms with Crippen molar-refractivity contribution in [1.29, 1.82) is 0 Å². The van der Waals surface area contributed by atoms with Crippen molar-refractivity contribution in [2.45, 2.75) is 38.1 Å². The van der Waals surface area contributed by atoms with Crippen molar-refractivity contribution in [2.24, 2.45) is 5.92 Å². The quantitative estimate of drug-likeness (QED) is 0.811. The summed E-state index contributed by atoms with van der Waals surface area (Å²) < 4.78 is 46.8. The van der Waals surface area contributed by atoms with Gasteiger partial charge in [0.2, 0.25) is 10.0 Å². The Morgan fingerprint density at radius 3 is 2.58 bits per heavy atom. The molecule has 0 bridgehead atoms. The summed E-state index contributed by atoms with van der Waals surface area (Å²) in [6.07, 6.45) is 0.874. The highest BCUT2D eigenvalue weighted by atomic mass is 32.2. The molecule has 1 heterocycles. The first-order chi connectivity index (χ1) is 11.3. The van der Waals surface area contributed by atoms with Gasteiger partial charge >= 0.3 is 0 Å². The number of hydrogen-bond acceptors (Lipinski definition) is 4. The van der Waals surface area contributed by atoms with E-state index in [9.17, 15) is 12.8 Å². The van der Waals surface area contributed by atoms with Crippen molar-refractivity contribution >= 4 is 10.0 Å². The summed E-state index contributed by atoms with van der Waals surface area (Å²) >= 11 is 0. The van der Waals surface area contributed by atoms with Crippen LogP contribution in [0.1, 0.15) is 25.8 Å². The molecule has 5 nitrogen and oxygen atoms in total. The second-order valence-electron chi connectivity index (χ2n) is 6.72. The number of hydrogen-bond donors (Lipinski definition) is 1. The first-order valence-electron chi connectivity index (χ1n) is 8.37. The number of benzene rings is 1. The lowest BCUT2D eigenvalue weighted by Gasteiger charge is -2.35. The minimum atomic E-state index is -3.87. The summed E-state index contributed by atoms with van der Waals surface area (Å²) in [7, 11) is -3.87. The molecule has 0 aromatic heterocycles. The van der Waals surface area contributed by atoms with Gasteiger partial charge in [-0.15, -0.1) is 0 Å². The molecule has 0 radical (unpaired) electrons. The summed E-state index contributed by atoms with van der Waals surface area (Å²) in [5.41, 5.74) is 0.712. The molecule has 2 rings (SSSR count). The van der Waals surface area contributed by atoms with E-state index in [1.54, 1.807) is 13.0 Å². The van der Waals surface area contributed by atoms with Crippen LogP contribution in [0.2, 0.25) is 0 Å². The number of sulfonamides is 1. The Labute approximate surface area is 144 Å². The smallest absolute Gasteiger partial charge is 0.243 e. The molecule has 24 heavy (non-hydrogen) atoms. The molecule has 0 aliphatic carbocycles. The lowest BCUT2D eigenvalue weighted by molar-refractivity contribution is 0.0134. The third-order valence-electron chi connectivity index (χ3n) is 4.19. The Morgan fingerprint density at radius 1 is 1.29 bits per heavy atom. The van der Waals surface area contributed by atoms with Crippen LogP contribution in [-0.2, 0) is 14.8 Å². The summed E-state index contributed by atoms with van der Waals surface area (Å²) in [6.45, 7) is 9.14. The normalized spacial score (nSPS) is 18.0. The van der Waals surface area contributed by atoms with Crippen molar-refractivity contribution < 1.29 is 17.5 Å². The third-order valence-corrected chi connectivity index (χ3v) is 5.63. The van der Waals surface area contributed by atoms with E-state index in [1.165, 1.54) is 12.1 Å². The minimum absolute atomic E-state index is 0.0801. The Hall–Kier alpha value is -1.02. The van der Waals surface area contributed by atoms with Gasteiger partial charge in [0.25, 0.3) is 0 Å². The number of nitrogens with zero attached hydrogens (tertiary/aromatic N) is 1. The van der Waals surface area contributed by atoms with E-state index in [2.05, 4.69) is 23.5 Å². The maximum absolute atomic E-state index is 13.9. The maximum Gasteiger partial charge on any atom is 0.243 e. The highest BCUT2D eigenvalue weighted by molar-refractivity contribution is 7.89. The molecule has 136 valence electrons. The van der Waals surface area contributed by atoms with E-state index in [4.69, 9.17) is 4.74 Å². The molecule has 1 saturated heterocycles. The van der Waals surface area contributed by atoms with Gasteiger partial charge in [-0.05, 0) is 37.0 Å². The average Bonchev–Trinajstić information content (AvgIpc) is 2.54. The van der Waals surface area contributed by atoms with E-state index in [-0.39, 0.29) is 17.5 Å². The number of halogens is 1. The molecule has 1 aliphatic heterocycles. The first-order valence-corrected chi connectivity index (χ1v) is 9.85. The number of rotatable bonds is 7. The molecule has 1 atom stereocenters. The summed E-state index contributed by atoms with van der Waals surface area (Å²) in [6, 6.07) is 4.20. The van der Waals surface area contributed by atoms with Crippen LogP contribution in [0.5, 0.6) is 0 Å². The van der Waals surface area contributed by atoms with Gasteiger partial charge in [0, 0.05) is 25.7 Å². The van der Waals surface area contributed by atoms with E-state index in [1.807, 2.05) is 0 Å². The van der Waals surface area contributed by atoms with Crippen molar-refractivity contribution in [3.05, 3.63) is 29.6 Å². The van der Waals surface area contributed by atoms with Crippen LogP contribution in [0.25, 0.3) is 0 Å². The van der Waals surface area contributed by atoms with Gasteiger partial charge in [0.1, 0.15) is 10.7 Å². The predicted octanol–water partition coefficient (Wildman–Crippen LogP) is 2.16. The van der Waals surface area contributed by atoms with Gasteiger partial charge < -0.3 is 4.74 Å². The maximum atomic E-state index is 13.9. The van der Waals surface area contributed by atoms with E-state index in [0.29, 0.717) is 24.7 Å². The van der Waals surface area contributed by atoms with Crippen LogP contribution in [0.4, 0.5) is 4.39 Å². The van der Waals surface area contributed by atoms with Crippen LogP contribution in [0, 0.1) is 18.7 Å². The molecule has 1 aromatic rings. The molecule has 0 spiro atoms. The average molecular weight is 358 g/mol. The van der Waals surface area contributed by atoms with Gasteiger partial charge in [-0.3, -0.25) is 4.90 Å².